The molecule has 0 fully saturated rings. The second-order valence-electron chi connectivity index (χ2n) is 3.82. The third-order valence-corrected chi connectivity index (χ3v) is 2.84. The standard InChI is InChI=1S/C12H13BrF3NO2/c1-3-19-11(18)7-17(2)10-6-8(13)4-5-9(10)12(14,15)16/h4-6H,3,7H2,1-2H3. The Hall–Kier alpha value is -1.24. The van der Waals surface area contributed by atoms with Crippen LogP contribution in [0.1, 0.15) is 12.5 Å². The second kappa shape index (κ2) is 6.27. The predicted molar refractivity (Wildman–Crippen MR) is 69.0 cm³/mol. The van der Waals surface area contributed by atoms with Gasteiger partial charge in [-0.2, -0.15) is 13.2 Å². The van der Waals surface area contributed by atoms with Crippen molar-refractivity contribution in [2.45, 2.75) is 13.1 Å². The topological polar surface area (TPSA) is 29.5 Å². The number of nitrogens with zero attached hydrogens (tertiary/aromatic N) is 1. The fraction of sp³-hybridized carbons (Fsp3) is 0.417. The van der Waals surface area contributed by atoms with E-state index in [-0.39, 0.29) is 18.8 Å². The Balaban J connectivity index is 3.04. The molecule has 0 radical (unpaired) electrons. The highest BCUT2D eigenvalue weighted by molar-refractivity contribution is 9.10. The first-order valence-electron chi connectivity index (χ1n) is 5.49. The molecule has 0 aliphatic carbocycles. The summed E-state index contributed by atoms with van der Waals surface area (Å²) in [6.45, 7) is 1.59. The van der Waals surface area contributed by atoms with Crippen LogP contribution in [0, 0.1) is 0 Å². The van der Waals surface area contributed by atoms with Gasteiger partial charge in [-0.15, -0.1) is 0 Å². The molecule has 0 aromatic heterocycles. The second-order valence-corrected chi connectivity index (χ2v) is 4.74. The molecule has 0 amide bonds. The first-order chi connectivity index (χ1) is 8.75. The van der Waals surface area contributed by atoms with Crippen LogP contribution in [0.15, 0.2) is 22.7 Å². The number of esters is 1. The summed E-state index contributed by atoms with van der Waals surface area (Å²) >= 11 is 3.12. The minimum Gasteiger partial charge on any atom is -0.465 e. The molecule has 0 spiro atoms. The zero-order chi connectivity index (χ0) is 14.6. The Bertz CT molecular complexity index is 463. The number of anilines is 1. The Labute approximate surface area is 117 Å². The maximum atomic E-state index is 12.9. The number of ether oxygens (including phenoxy) is 1. The fourth-order valence-corrected chi connectivity index (χ4v) is 1.89. The Morgan fingerprint density at radius 3 is 2.58 bits per heavy atom. The van der Waals surface area contributed by atoms with Crippen molar-refractivity contribution in [1.82, 2.24) is 0 Å². The zero-order valence-electron chi connectivity index (χ0n) is 10.4. The average Bonchev–Trinajstić information content (AvgIpc) is 2.27. The summed E-state index contributed by atoms with van der Waals surface area (Å²) in [7, 11) is 1.41. The van der Waals surface area contributed by atoms with Gasteiger partial charge in [0.2, 0.25) is 0 Å². The van der Waals surface area contributed by atoms with Crippen LogP contribution in [-0.2, 0) is 15.7 Å². The summed E-state index contributed by atoms with van der Waals surface area (Å²) in [4.78, 5) is 12.5. The van der Waals surface area contributed by atoms with Crippen LogP contribution in [-0.4, -0.2) is 26.2 Å². The van der Waals surface area contributed by atoms with E-state index in [1.165, 1.54) is 24.1 Å². The number of alkyl halides is 3. The lowest BCUT2D eigenvalue weighted by Crippen LogP contribution is -2.29. The molecule has 1 aromatic carbocycles. The van der Waals surface area contributed by atoms with E-state index >= 15 is 0 Å². The van der Waals surface area contributed by atoms with Gasteiger partial charge < -0.3 is 9.64 Å². The van der Waals surface area contributed by atoms with Gasteiger partial charge in [0, 0.05) is 11.5 Å². The number of benzene rings is 1. The molecule has 0 aliphatic rings. The summed E-state index contributed by atoms with van der Waals surface area (Å²) in [5, 5.41) is 0. The SMILES string of the molecule is CCOC(=O)CN(C)c1cc(Br)ccc1C(F)(F)F. The summed E-state index contributed by atoms with van der Waals surface area (Å²) in [6, 6.07) is 3.60. The number of carbonyl (C=O) groups excluding carboxylic acids is 1. The average molecular weight is 340 g/mol. The quantitative estimate of drug-likeness (QED) is 0.786. The van der Waals surface area contributed by atoms with Crippen molar-refractivity contribution in [3.05, 3.63) is 28.2 Å². The lowest BCUT2D eigenvalue weighted by atomic mass is 10.1. The van der Waals surface area contributed by atoms with E-state index in [1.807, 2.05) is 0 Å². The van der Waals surface area contributed by atoms with Crippen LogP contribution in [0.2, 0.25) is 0 Å². The van der Waals surface area contributed by atoms with Crippen LogP contribution < -0.4 is 4.90 Å². The van der Waals surface area contributed by atoms with Crippen LogP contribution in [0.3, 0.4) is 0 Å². The Morgan fingerprint density at radius 1 is 1.42 bits per heavy atom. The molecular weight excluding hydrogens is 327 g/mol. The van der Waals surface area contributed by atoms with E-state index in [0.29, 0.717) is 4.47 Å². The highest BCUT2D eigenvalue weighted by Gasteiger charge is 2.34. The lowest BCUT2D eigenvalue weighted by molar-refractivity contribution is -0.142. The summed E-state index contributed by atoms with van der Waals surface area (Å²) in [5.41, 5.74) is -0.863. The number of likely N-dealkylation sites (N-methyl/N-ethyl adjacent to an activating group) is 1. The van der Waals surface area contributed by atoms with Crippen molar-refractivity contribution in [2.24, 2.45) is 0 Å². The van der Waals surface area contributed by atoms with Crippen molar-refractivity contribution in [1.29, 1.82) is 0 Å². The lowest BCUT2D eigenvalue weighted by Gasteiger charge is -2.22. The summed E-state index contributed by atoms with van der Waals surface area (Å²) in [5.74, 6) is -0.571. The van der Waals surface area contributed by atoms with Gasteiger partial charge in [0.25, 0.3) is 0 Å². The minimum absolute atomic E-state index is 0.0741. The van der Waals surface area contributed by atoms with Gasteiger partial charge in [0.15, 0.2) is 0 Å². The molecule has 0 heterocycles. The molecule has 0 saturated carbocycles. The zero-order valence-corrected chi connectivity index (χ0v) is 12.0. The highest BCUT2D eigenvalue weighted by atomic mass is 79.9. The van der Waals surface area contributed by atoms with E-state index in [1.54, 1.807) is 6.92 Å². The molecule has 0 saturated heterocycles. The van der Waals surface area contributed by atoms with Crippen molar-refractivity contribution >= 4 is 27.6 Å². The molecule has 0 N–H and O–H groups in total. The highest BCUT2D eigenvalue weighted by Crippen LogP contribution is 2.37. The Morgan fingerprint density at radius 2 is 2.05 bits per heavy atom. The van der Waals surface area contributed by atoms with Gasteiger partial charge in [-0.3, -0.25) is 4.79 Å². The van der Waals surface area contributed by atoms with Gasteiger partial charge >= 0.3 is 12.1 Å². The molecule has 0 bridgehead atoms. The van der Waals surface area contributed by atoms with Crippen LogP contribution in [0.25, 0.3) is 0 Å². The van der Waals surface area contributed by atoms with Gasteiger partial charge in [0.1, 0.15) is 6.54 Å². The van der Waals surface area contributed by atoms with Crippen molar-refractivity contribution in [2.75, 3.05) is 25.1 Å². The molecule has 0 aliphatic heterocycles. The molecule has 7 heteroatoms. The number of hydrogen-bond acceptors (Lipinski definition) is 3. The molecule has 106 valence electrons. The molecule has 1 aromatic rings. The van der Waals surface area contributed by atoms with Crippen LogP contribution >= 0.6 is 15.9 Å². The van der Waals surface area contributed by atoms with Crippen LogP contribution in [0.4, 0.5) is 18.9 Å². The van der Waals surface area contributed by atoms with Gasteiger partial charge in [0.05, 0.1) is 17.9 Å². The third kappa shape index (κ3) is 4.41. The third-order valence-electron chi connectivity index (χ3n) is 2.35. The molecule has 3 nitrogen and oxygen atoms in total. The molecule has 0 atom stereocenters. The summed E-state index contributed by atoms with van der Waals surface area (Å²) < 4.78 is 43.8. The largest absolute Gasteiger partial charge is 0.465 e. The number of rotatable bonds is 4. The summed E-state index contributed by atoms with van der Waals surface area (Å²) in [6.07, 6.45) is -4.47. The number of carbonyl (C=O) groups is 1. The minimum atomic E-state index is -4.47. The molecule has 1 rings (SSSR count). The van der Waals surface area contributed by atoms with Crippen molar-refractivity contribution in [3.8, 4) is 0 Å². The van der Waals surface area contributed by atoms with Gasteiger partial charge in [-0.1, -0.05) is 15.9 Å². The van der Waals surface area contributed by atoms with Crippen LogP contribution in [0.5, 0.6) is 0 Å². The smallest absolute Gasteiger partial charge is 0.418 e. The van der Waals surface area contributed by atoms with E-state index < -0.39 is 17.7 Å². The van der Waals surface area contributed by atoms with E-state index in [4.69, 9.17) is 4.74 Å². The maximum Gasteiger partial charge on any atom is 0.418 e. The maximum absolute atomic E-state index is 12.9. The van der Waals surface area contributed by atoms with E-state index in [9.17, 15) is 18.0 Å². The first kappa shape index (κ1) is 15.8. The van der Waals surface area contributed by atoms with Gasteiger partial charge in [-0.25, -0.2) is 0 Å². The molecular formula is C12H13BrF3NO2. The normalized spacial score (nSPS) is 11.3. The van der Waals surface area contributed by atoms with E-state index in [0.717, 1.165) is 6.07 Å². The fourth-order valence-electron chi connectivity index (χ4n) is 1.55. The predicted octanol–water partition coefficient (Wildman–Crippen LogP) is 3.47. The van der Waals surface area contributed by atoms with Crippen molar-refractivity contribution in [3.63, 3.8) is 0 Å². The molecule has 19 heavy (non-hydrogen) atoms. The monoisotopic (exact) mass is 339 g/mol. The Kier molecular flexibility index (Phi) is 5.22. The first-order valence-corrected chi connectivity index (χ1v) is 6.28. The van der Waals surface area contributed by atoms with Crippen molar-refractivity contribution < 1.29 is 22.7 Å². The number of hydrogen-bond donors (Lipinski definition) is 0. The molecule has 0 unspecified atom stereocenters. The number of halogens is 4. The van der Waals surface area contributed by atoms with Gasteiger partial charge in [-0.05, 0) is 25.1 Å². The van der Waals surface area contributed by atoms with E-state index in [2.05, 4.69) is 15.9 Å².